The molecular weight excluding hydrogens is 174 g/mol. The van der Waals surface area contributed by atoms with E-state index in [9.17, 15) is 0 Å². The van der Waals surface area contributed by atoms with Gasteiger partial charge in [-0.15, -0.1) is 10.2 Å². The molecule has 0 aromatic carbocycles. The van der Waals surface area contributed by atoms with Crippen molar-refractivity contribution in [3.63, 3.8) is 0 Å². The van der Waals surface area contributed by atoms with Gasteiger partial charge in [-0.05, 0) is 24.4 Å². The molecule has 1 aromatic rings. The normalized spacial score (nSPS) is 17.3. The van der Waals surface area contributed by atoms with Gasteiger partial charge in [0.25, 0.3) is 0 Å². The number of aromatic nitrogens is 3. The van der Waals surface area contributed by atoms with Crippen LogP contribution in [-0.2, 0) is 0 Å². The fourth-order valence-corrected chi connectivity index (χ4v) is 1.61. The third-order valence-electron chi connectivity index (χ3n) is 2.11. The van der Waals surface area contributed by atoms with Crippen molar-refractivity contribution >= 4 is 11.6 Å². The predicted molar refractivity (Wildman–Crippen MR) is 47.4 cm³/mol. The van der Waals surface area contributed by atoms with Gasteiger partial charge < -0.3 is 0 Å². The van der Waals surface area contributed by atoms with Crippen LogP contribution in [0.15, 0.2) is 0 Å². The number of halogens is 1. The van der Waals surface area contributed by atoms with Gasteiger partial charge in [-0.2, -0.15) is 0 Å². The van der Waals surface area contributed by atoms with Crippen LogP contribution in [0.25, 0.3) is 0 Å². The Kier molecular flexibility index (Phi) is 1.83. The summed E-state index contributed by atoms with van der Waals surface area (Å²) in [6.07, 6.45) is 2.44. The van der Waals surface area contributed by atoms with Crippen LogP contribution in [0.3, 0.4) is 0 Å². The minimum Gasteiger partial charge on any atom is -0.298 e. The van der Waals surface area contributed by atoms with Crippen molar-refractivity contribution in [3.05, 3.63) is 11.1 Å². The molecule has 1 aromatic heterocycles. The molecule has 0 bridgehead atoms. The van der Waals surface area contributed by atoms with Crippen molar-refractivity contribution in [3.8, 4) is 0 Å². The van der Waals surface area contributed by atoms with Gasteiger partial charge in [0.2, 0.25) is 5.28 Å². The highest BCUT2D eigenvalue weighted by Gasteiger charge is 2.29. The summed E-state index contributed by atoms with van der Waals surface area (Å²) >= 11 is 5.91. The summed E-state index contributed by atoms with van der Waals surface area (Å²) in [5, 5.41) is 8.48. The first kappa shape index (κ1) is 8.05. The Morgan fingerprint density at radius 3 is 2.58 bits per heavy atom. The van der Waals surface area contributed by atoms with E-state index in [2.05, 4.69) is 28.6 Å². The Balaban J connectivity index is 2.39. The van der Waals surface area contributed by atoms with Crippen LogP contribution < -0.4 is 0 Å². The number of nitrogens with zero attached hydrogens (tertiary/aromatic N) is 3. The lowest BCUT2D eigenvalue weighted by Crippen LogP contribution is -2.03. The van der Waals surface area contributed by atoms with Crippen molar-refractivity contribution in [2.24, 2.45) is 0 Å². The molecule has 1 fully saturated rings. The maximum Gasteiger partial charge on any atom is 0.225 e. The molecular formula is C8H12ClN3. The van der Waals surface area contributed by atoms with E-state index >= 15 is 0 Å². The lowest BCUT2D eigenvalue weighted by molar-refractivity contribution is 0.640. The van der Waals surface area contributed by atoms with E-state index in [1.165, 1.54) is 12.8 Å². The monoisotopic (exact) mass is 185 g/mol. The standard InChI is InChI=1S/C8H12ClN3/c1-5(2)7-10-11-8(9)12(7)6-3-4-6/h5-6H,3-4H2,1-2H3. The highest BCUT2D eigenvalue weighted by atomic mass is 35.5. The summed E-state index contributed by atoms with van der Waals surface area (Å²) in [5.74, 6) is 1.42. The SMILES string of the molecule is CC(C)c1nnc(Cl)n1C1CC1. The molecule has 1 aliphatic rings. The van der Waals surface area contributed by atoms with E-state index in [-0.39, 0.29) is 0 Å². The highest BCUT2D eigenvalue weighted by Crippen LogP contribution is 2.38. The summed E-state index contributed by atoms with van der Waals surface area (Å²) in [5.41, 5.74) is 0. The van der Waals surface area contributed by atoms with Crippen LogP contribution in [-0.4, -0.2) is 14.8 Å². The first-order valence-corrected chi connectivity index (χ1v) is 4.68. The molecule has 0 unspecified atom stereocenters. The van der Waals surface area contributed by atoms with Gasteiger partial charge in [0.05, 0.1) is 0 Å². The lowest BCUT2D eigenvalue weighted by atomic mass is 10.2. The zero-order valence-electron chi connectivity index (χ0n) is 7.29. The van der Waals surface area contributed by atoms with Crippen molar-refractivity contribution in [1.82, 2.24) is 14.8 Å². The van der Waals surface area contributed by atoms with E-state index in [0.717, 1.165) is 5.82 Å². The Labute approximate surface area is 76.7 Å². The molecule has 0 spiro atoms. The second-order valence-corrected chi connectivity index (χ2v) is 3.92. The lowest BCUT2D eigenvalue weighted by Gasteiger charge is -2.07. The molecule has 1 aliphatic carbocycles. The molecule has 0 radical (unpaired) electrons. The first-order valence-electron chi connectivity index (χ1n) is 4.30. The predicted octanol–water partition coefficient (Wildman–Crippen LogP) is 2.39. The fraction of sp³-hybridized carbons (Fsp3) is 0.750. The summed E-state index contributed by atoms with van der Waals surface area (Å²) in [7, 11) is 0. The van der Waals surface area contributed by atoms with Crippen LogP contribution in [0, 0.1) is 0 Å². The number of rotatable bonds is 2. The van der Waals surface area contributed by atoms with Crippen molar-refractivity contribution < 1.29 is 0 Å². The minimum absolute atomic E-state index is 0.408. The third kappa shape index (κ3) is 1.22. The molecule has 0 amide bonds. The Hall–Kier alpha value is -0.570. The van der Waals surface area contributed by atoms with Crippen LogP contribution in [0.2, 0.25) is 5.28 Å². The van der Waals surface area contributed by atoms with Gasteiger partial charge >= 0.3 is 0 Å². The van der Waals surface area contributed by atoms with Crippen LogP contribution in [0.5, 0.6) is 0 Å². The van der Waals surface area contributed by atoms with Crippen LogP contribution >= 0.6 is 11.6 Å². The van der Waals surface area contributed by atoms with E-state index in [1.54, 1.807) is 0 Å². The van der Waals surface area contributed by atoms with Gasteiger partial charge in [-0.1, -0.05) is 13.8 Å². The molecule has 12 heavy (non-hydrogen) atoms. The quantitative estimate of drug-likeness (QED) is 0.709. The molecule has 0 atom stereocenters. The Bertz CT molecular complexity index is 288. The largest absolute Gasteiger partial charge is 0.298 e. The van der Waals surface area contributed by atoms with Gasteiger partial charge in [0.1, 0.15) is 5.82 Å². The zero-order chi connectivity index (χ0) is 8.72. The van der Waals surface area contributed by atoms with Gasteiger partial charge in [-0.3, -0.25) is 4.57 Å². The maximum absolute atomic E-state index is 5.91. The van der Waals surface area contributed by atoms with Gasteiger partial charge in [0, 0.05) is 12.0 Å². The Morgan fingerprint density at radius 2 is 2.08 bits per heavy atom. The maximum atomic E-state index is 5.91. The number of hydrogen-bond donors (Lipinski definition) is 0. The molecule has 1 saturated carbocycles. The minimum atomic E-state index is 0.408. The van der Waals surface area contributed by atoms with Crippen LogP contribution in [0.4, 0.5) is 0 Å². The second-order valence-electron chi connectivity index (χ2n) is 3.58. The molecule has 0 saturated heterocycles. The summed E-state index contributed by atoms with van der Waals surface area (Å²) < 4.78 is 2.06. The second kappa shape index (κ2) is 2.73. The topological polar surface area (TPSA) is 30.7 Å². The van der Waals surface area contributed by atoms with Crippen LogP contribution in [0.1, 0.15) is 44.5 Å². The molecule has 0 N–H and O–H groups in total. The van der Waals surface area contributed by atoms with E-state index in [4.69, 9.17) is 11.6 Å². The molecule has 1 heterocycles. The smallest absolute Gasteiger partial charge is 0.225 e. The fourth-order valence-electron chi connectivity index (χ4n) is 1.35. The first-order chi connectivity index (χ1) is 5.70. The summed E-state index contributed by atoms with van der Waals surface area (Å²) in [4.78, 5) is 0. The zero-order valence-corrected chi connectivity index (χ0v) is 8.04. The Morgan fingerprint density at radius 1 is 1.42 bits per heavy atom. The molecule has 0 aliphatic heterocycles. The molecule has 3 nitrogen and oxygen atoms in total. The highest BCUT2D eigenvalue weighted by molar-refractivity contribution is 6.28. The molecule has 66 valence electrons. The van der Waals surface area contributed by atoms with Crippen molar-refractivity contribution in [2.45, 2.75) is 38.6 Å². The van der Waals surface area contributed by atoms with E-state index < -0.39 is 0 Å². The van der Waals surface area contributed by atoms with E-state index in [1.807, 2.05) is 0 Å². The molecule has 2 rings (SSSR count). The van der Waals surface area contributed by atoms with Gasteiger partial charge in [0.15, 0.2) is 0 Å². The van der Waals surface area contributed by atoms with Gasteiger partial charge in [-0.25, -0.2) is 0 Å². The van der Waals surface area contributed by atoms with E-state index in [0.29, 0.717) is 17.2 Å². The summed E-state index contributed by atoms with van der Waals surface area (Å²) in [6.45, 7) is 4.22. The molecule has 4 heteroatoms. The average molecular weight is 186 g/mol. The summed E-state index contributed by atoms with van der Waals surface area (Å²) in [6, 6.07) is 0.574. The third-order valence-corrected chi connectivity index (χ3v) is 2.37. The van der Waals surface area contributed by atoms with Crippen molar-refractivity contribution in [2.75, 3.05) is 0 Å². The average Bonchev–Trinajstić information content (AvgIpc) is 2.75. The number of hydrogen-bond acceptors (Lipinski definition) is 2. The van der Waals surface area contributed by atoms with Crippen molar-refractivity contribution in [1.29, 1.82) is 0 Å².